The van der Waals surface area contributed by atoms with Crippen LogP contribution in [0.5, 0.6) is 0 Å². The molecule has 0 amide bonds. The van der Waals surface area contributed by atoms with Gasteiger partial charge in [-0.1, -0.05) is 120 Å². The Hall–Kier alpha value is -4.60. The third-order valence-electron chi connectivity index (χ3n) is 10.8. The van der Waals surface area contributed by atoms with Gasteiger partial charge in [0.25, 0.3) is 0 Å². The first-order chi connectivity index (χ1) is 23.3. The summed E-state index contributed by atoms with van der Waals surface area (Å²) in [5.74, 6) is 1.42. The summed E-state index contributed by atoms with van der Waals surface area (Å²) in [5.41, 5.74) is 17.6. The fourth-order valence-electron chi connectivity index (χ4n) is 8.21. The average Bonchev–Trinajstić information content (AvgIpc) is 3.64. The van der Waals surface area contributed by atoms with E-state index in [1.807, 2.05) is 11.3 Å². The lowest BCUT2D eigenvalue weighted by Gasteiger charge is -2.37. The summed E-state index contributed by atoms with van der Waals surface area (Å²) in [6.07, 6.45) is 0. The Kier molecular flexibility index (Phi) is 6.75. The Morgan fingerprint density at radius 1 is 0.521 bits per heavy atom. The fraction of sp³-hybridized carbons (Fsp3) is 0.200. The minimum atomic E-state index is 0.204. The number of thiophene rings is 1. The molecular formula is C45H40BNS. The molecule has 0 atom stereocenters. The molecule has 6 aromatic carbocycles. The summed E-state index contributed by atoms with van der Waals surface area (Å²) in [5, 5.41) is 2.70. The van der Waals surface area contributed by atoms with Crippen LogP contribution in [-0.2, 0) is 0 Å². The van der Waals surface area contributed by atoms with Gasteiger partial charge in [-0.05, 0) is 110 Å². The normalized spacial score (nSPS) is 13.3. The molecule has 0 spiro atoms. The van der Waals surface area contributed by atoms with E-state index in [0.29, 0.717) is 17.8 Å². The number of fused-ring (bicyclic) bond motifs is 8. The third kappa shape index (κ3) is 4.37. The van der Waals surface area contributed by atoms with Gasteiger partial charge < -0.3 is 4.90 Å². The molecule has 3 heteroatoms. The maximum atomic E-state index is 2.56. The van der Waals surface area contributed by atoms with E-state index < -0.39 is 0 Å². The van der Waals surface area contributed by atoms with Crippen LogP contribution in [-0.4, -0.2) is 6.71 Å². The van der Waals surface area contributed by atoms with Gasteiger partial charge in [0.15, 0.2) is 0 Å². The summed E-state index contributed by atoms with van der Waals surface area (Å²) in [4.78, 5) is 2.56. The summed E-state index contributed by atoms with van der Waals surface area (Å²) < 4.78 is 2.69. The van der Waals surface area contributed by atoms with Crippen LogP contribution in [0.3, 0.4) is 0 Å². The van der Waals surface area contributed by atoms with Gasteiger partial charge in [-0.3, -0.25) is 0 Å². The van der Waals surface area contributed by atoms with Crippen LogP contribution in [0.1, 0.15) is 76.0 Å². The van der Waals surface area contributed by atoms with Gasteiger partial charge in [-0.2, -0.15) is 0 Å². The van der Waals surface area contributed by atoms with Crippen LogP contribution in [0.15, 0.2) is 115 Å². The largest absolute Gasteiger partial charge is 0.311 e. The lowest BCUT2D eigenvalue weighted by atomic mass is 9.37. The molecule has 0 radical (unpaired) electrons. The van der Waals surface area contributed by atoms with Crippen LogP contribution in [0.25, 0.3) is 42.4 Å². The van der Waals surface area contributed by atoms with Crippen molar-refractivity contribution in [1.82, 2.24) is 0 Å². The standard InChI is InChI=1S/C45H40BNS/c1-26(2)29-14-18-33(19-15-29)47-40-21-17-31(28(5)6)24-39(40)46-38-23-30(27(3)4)16-20-35(38)37-22-32(25-41(47)45(37)46)34-11-9-13-43-44(34)36-10-7-8-12-42(36)48-43/h7-28H,1-6H3. The van der Waals surface area contributed by atoms with Gasteiger partial charge in [0.05, 0.1) is 0 Å². The molecule has 0 bridgehead atoms. The first-order valence-corrected chi connectivity index (χ1v) is 18.4. The van der Waals surface area contributed by atoms with Crippen molar-refractivity contribution in [2.24, 2.45) is 0 Å². The van der Waals surface area contributed by atoms with E-state index in [1.165, 1.54) is 92.6 Å². The molecule has 48 heavy (non-hydrogen) atoms. The zero-order valence-electron chi connectivity index (χ0n) is 28.6. The highest BCUT2D eigenvalue weighted by molar-refractivity contribution is 7.26. The smallest absolute Gasteiger partial charge is 0.248 e. The Labute approximate surface area is 289 Å². The van der Waals surface area contributed by atoms with E-state index in [4.69, 9.17) is 0 Å². The zero-order valence-corrected chi connectivity index (χ0v) is 29.5. The fourth-order valence-corrected chi connectivity index (χ4v) is 9.34. The highest BCUT2D eigenvalue weighted by Gasteiger charge is 2.43. The number of anilines is 3. The van der Waals surface area contributed by atoms with Crippen LogP contribution in [0, 0.1) is 0 Å². The first-order valence-electron chi connectivity index (χ1n) is 17.5. The van der Waals surface area contributed by atoms with Crippen molar-refractivity contribution < 1.29 is 0 Å². The minimum absolute atomic E-state index is 0.204. The van der Waals surface area contributed by atoms with Crippen molar-refractivity contribution in [3.63, 3.8) is 0 Å². The predicted octanol–water partition coefficient (Wildman–Crippen LogP) is 11.4. The van der Waals surface area contributed by atoms with Gasteiger partial charge >= 0.3 is 0 Å². The Morgan fingerprint density at radius 2 is 1.19 bits per heavy atom. The molecule has 0 saturated heterocycles. The van der Waals surface area contributed by atoms with Crippen molar-refractivity contribution in [2.45, 2.75) is 59.3 Å². The molecule has 2 aliphatic rings. The van der Waals surface area contributed by atoms with Crippen molar-refractivity contribution in [1.29, 1.82) is 0 Å². The van der Waals surface area contributed by atoms with E-state index in [1.54, 1.807) is 0 Å². The second kappa shape index (κ2) is 11.0. The lowest BCUT2D eigenvalue weighted by molar-refractivity contribution is 0.866. The summed E-state index contributed by atoms with van der Waals surface area (Å²) in [6, 6.07) is 44.6. The van der Waals surface area contributed by atoms with E-state index >= 15 is 0 Å². The average molecular weight is 638 g/mol. The highest BCUT2D eigenvalue weighted by atomic mass is 32.1. The topological polar surface area (TPSA) is 3.24 Å². The number of hydrogen-bond donors (Lipinski definition) is 0. The van der Waals surface area contributed by atoms with Crippen LogP contribution < -0.4 is 21.3 Å². The minimum Gasteiger partial charge on any atom is -0.311 e. The predicted molar refractivity (Wildman–Crippen MR) is 212 cm³/mol. The molecule has 1 aromatic heterocycles. The molecule has 9 rings (SSSR count). The van der Waals surface area contributed by atoms with Crippen LogP contribution in [0.4, 0.5) is 17.1 Å². The second-order valence-electron chi connectivity index (χ2n) is 14.7. The van der Waals surface area contributed by atoms with E-state index in [-0.39, 0.29) is 6.71 Å². The quantitative estimate of drug-likeness (QED) is 0.170. The first kappa shape index (κ1) is 29.5. The van der Waals surface area contributed by atoms with Crippen LogP contribution in [0.2, 0.25) is 0 Å². The second-order valence-corrected chi connectivity index (χ2v) is 15.8. The number of benzene rings is 6. The SMILES string of the molecule is CC(C)c1ccc(N2c3ccc(C(C)C)cc3B3c4cc(C(C)C)ccc4-c4cc(-c5cccc6sc7ccccc7c56)cc2c43)cc1. The summed E-state index contributed by atoms with van der Waals surface area (Å²) in [7, 11) is 0. The number of hydrogen-bond acceptors (Lipinski definition) is 2. The zero-order chi connectivity index (χ0) is 32.8. The van der Waals surface area contributed by atoms with Crippen molar-refractivity contribution in [3.8, 4) is 22.3 Å². The van der Waals surface area contributed by atoms with Crippen molar-refractivity contribution >= 4 is 71.7 Å². The molecule has 0 aliphatic carbocycles. The Bertz CT molecular complexity index is 2390. The van der Waals surface area contributed by atoms with Gasteiger partial charge in [0, 0.05) is 37.2 Å². The van der Waals surface area contributed by atoms with E-state index in [0.717, 1.165) is 0 Å². The third-order valence-corrected chi connectivity index (χ3v) is 12.0. The van der Waals surface area contributed by atoms with Gasteiger partial charge in [-0.25, -0.2) is 0 Å². The molecule has 0 fully saturated rings. The Balaban J connectivity index is 1.38. The summed E-state index contributed by atoms with van der Waals surface area (Å²) in [6.45, 7) is 14.0. The van der Waals surface area contributed by atoms with Gasteiger partial charge in [-0.15, -0.1) is 11.3 Å². The van der Waals surface area contributed by atoms with Gasteiger partial charge in [0.1, 0.15) is 0 Å². The molecule has 3 heterocycles. The molecule has 2 aliphatic heterocycles. The molecular weight excluding hydrogens is 597 g/mol. The molecule has 7 aromatic rings. The number of rotatable bonds is 5. The van der Waals surface area contributed by atoms with Crippen molar-refractivity contribution in [2.75, 3.05) is 4.90 Å². The highest BCUT2D eigenvalue weighted by Crippen LogP contribution is 2.46. The lowest BCUT2D eigenvalue weighted by Crippen LogP contribution is -2.55. The van der Waals surface area contributed by atoms with Crippen LogP contribution >= 0.6 is 11.3 Å². The monoisotopic (exact) mass is 637 g/mol. The van der Waals surface area contributed by atoms with Gasteiger partial charge in [0.2, 0.25) is 6.71 Å². The Morgan fingerprint density at radius 3 is 1.94 bits per heavy atom. The molecule has 0 N–H and O–H groups in total. The summed E-state index contributed by atoms with van der Waals surface area (Å²) >= 11 is 1.90. The van der Waals surface area contributed by atoms with E-state index in [9.17, 15) is 0 Å². The van der Waals surface area contributed by atoms with E-state index in [2.05, 4.69) is 162 Å². The molecule has 0 unspecified atom stereocenters. The molecule has 0 saturated carbocycles. The maximum Gasteiger partial charge on any atom is 0.248 e. The molecule has 1 nitrogen and oxygen atoms in total. The molecule has 234 valence electrons. The number of nitrogens with zero attached hydrogens (tertiary/aromatic N) is 1. The maximum absolute atomic E-state index is 2.56. The van der Waals surface area contributed by atoms with Crippen molar-refractivity contribution in [3.05, 3.63) is 132 Å².